The summed E-state index contributed by atoms with van der Waals surface area (Å²) in [4.78, 5) is 16.5. The molecule has 7 heteroatoms. The third-order valence-electron chi connectivity index (χ3n) is 6.11. The van der Waals surface area contributed by atoms with E-state index in [0.29, 0.717) is 6.61 Å². The molecule has 1 heterocycles. The summed E-state index contributed by atoms with van der Waals surface area (Å²) in [6.07, 6.45) is 9.06. The van der Waals surface area contributed by atoms with Crippen molar-refractivity contribution in [2.75, 3.05) is 30.9 Å². The van der Waals surface area contributed by atoms with Gasteiger partial charge in [0.2, 0.25) is 0 Å². The van der Waals surface area contributed by atoms with Crippen LogP contribution >= 0.6 is 23.7 Å². The number of rotatable bonds is 12. The Morgan fingerprint density at radius 2 is 1.75 bits per heavy atom. The van der Waals surface area contributed by atoms with Crippen LogP contribution in [0, 0.1) is 0 Å². The monoisotopic (exact) mass is 532 g/mol. The van der Waals surface area contributed by atoms with Crippen molar-refractivity contribution in [3.05, 3.63) is 42.5 Å². The van der Waals surface area contributed by atoms with E-state index in [1.54, 1.807) is 30.6 Å². The average Bonchev–Trinajstić information content (AvgIpc) is 3.08. The van der Waals surface area contributed by atoms with Gasteiger partial charge in [0.05, 0.1) is 22.1 Å². The standard InChI is InChI=1S/C27H38N2O3S2.C2H6/c1-5-8-15-27(16-9-6-2)20-29(21-13-11-10-12-14-21)22-17-25(33-4)23(18-24(22)34-28-27)32-19-26(30)31-7-3;1-2/h10-14,17-18,28H,5-9,15-16,19-20H2,1-4H3;1-2H3. The first kappa shape index (κ1) is 30.4. The topological polar surface area (TPSA) is 50.8 Å². The van der Waals surface area contributed by atoms with Gasteiger partial charge < -0.3 is 14.4 Å². The van der Waals surface area contributed by atoms with Crippen LogP contribution in [0.1, 0.15) is 73.1 Å². The molecule has 0 aromatic heterocycles. The molecule has 200 valence electrons. The fourth-order valence-electron chi connectivity index (χ4n) is 4.27. The number of fused-ring (bicyclic) bond motifs is 1. The summed E-state index contributed by atoms with van der Waals surface area (Å²) >= 11 is 3.33. The van der Waals surface area contributed by atoms with Gasteiger partial charge in [-0.3, -0.25) is 4.72 Å². The minimum atomic E-state index is -0.348. The van der Waals surface area contributed by atoms with E-state index >= 15 is 0 Å². The molecule has 0 spiro atoms. The maximum atomic E-state index is 11.9. The third-order valence-corrected chi connectivity index (χ3v) is 7.95. The normalized spacial score (nSPS) is 14.2. The highest BCUT2D eigenvalue weighted by atomic mass is 32.2. The SMILES string of the molecule is CC.CCCCC1(CCCC)CN(c2ccccc2)c2cc(SC)c(OCC(=O)OCC)cc2SN1. The lowest BCUT2D eigenvalue weighted by Gasteiger charge is -2.38. The number of hydrogen-bond acceptors (Lipinski definition) is 7. The number of para-hydroxylation sites is 1. The number of esters is 1. The molecule has 0 fully saturated rings. The maximum Gasteiger partial charge on any atom is 0.344 e. The highest BCUT2D eigenvalue weighted by molar-refractivity contribution is 7.98. The average molecular weight is 533 g/mol. The van der Waals surface area contributed by atoms with Gasteiger partial charge in [-0.15, -0.1) is 11.8 Å². The second kappa shape index (κ2) is 16.1. The number of unbranched alkanes of at least 4 members (excludes halogenated alkanes) is 2. The lowest BCUT2D eigenvalue weighted by molar-refractivity contribution is -0.145. The molecule has 2 aromatic rings. The Labute approximate surface area is 227 Å². The van der Waals surface area contributed by atoms with Gasteiger partial charge in [0.25, 0.3) is 0 Å². The van der Waals surface area contributed by atoms with E-state index in [9.17, 15) is 4.79 Å². The highest BCUT2D eigenvalue weighted by Crippen LogP contribution is 2.45. The minimum absolute atomic E-state index is 0.0109. The van der Waals surface area contributed by atoms with Gasteiger partial charge in [-0.1, -0.05) is 71.6 Å². The van der Waals surface area contributed by atoms with Crippen molar-refractivity contribution in [2.24, 2.45) is 0 Å². The van der Waals surface area contributed by atoms with Gasteiger partial charge in [-0.25, -0.2) is 4.79 Å². The molecule has 0 saturated heterocycles. The van der Waals surface area contributed by atoms with E-state index in [4.69, 9.17) is 9.47 Å². The van der Waals surface area contributed by atoms with E-state index < -0.39 is 0 Å². The van der Waals surface area contributed by atoms with Gasteiger partial charge in [-0.05, 0) is 62.2 Å². The summed E-state index contributed by atoms with van der Waals surface area (Å²) in [5, 5.41) is 0. The smallest absolute Gasteiger partial charge is 0.344 e. The lowest BCUT2D eigenvalue weighted by atomic mass is 9.87. The fraction of sp³-hybridized carbons (Fsp3) is 0.552. The zero-order chi connectivity index (χ0) is 26.4. The second-order valence-corrected chi connectivity index (χ2v) is 10.4. The van der Waals surface area contributed by atoms with Crippen LogP contribution in [0.5, 0.6) is 5.75 Å². The van der Waals surface area contributed by atoms with E-state index in [2.05, 4.69) is 65.9 Å². The third kappa shape index (κ3) is 8.35. The molecule has 5 nitrogen and oxygen atoms in total. The Bertz CT molecular complexity index is 916. The molecule has 0 amide bonds. The van der Waals surface area contributed by atoms with Crippen molar-refractivity contribution in [3.63, 3.8) is 0 Å². The van der Waals surface area contributed by atoms with Crippen LogP contribution in [-0.2, 0) is 9.53 Å². The molecule has 1 aliphatic rings. The van der Waals surface area contributed by atoms with Crippen LogP contribution in [0.2, 0.25) is 0 Å². The second-order valence-electron chi connectivity index (χ2n) is 8.68. The van der Waals surface area contributed by atoms with E-state index in [0.717, 1.165) is 34.9 Å². The minimum Gasteiger partial charge on any atom is -0.481 e. The van der Waals surface area contributed by atoms with Crippen molar-refractivity contribution in [1.82, 2.24) is 4.72 Å². The Morgan fingerprint density at radius 3 is 2.33 bits per heavy atom. The summed E-state index contributed by atoms with van der Waals surface area (Å²) in [6, 6.07) is 14.9. The van der Waals surface area contributed by atoms with Crippen LogP contribution in [-0.4, -0.2) is 37.5 Å². The fourth-order valence-corrected chi connectivity index (χ4v) is 5.86. The zero-order valence-electron chi connectivity index (χ0n) is 22.9. The molecule has 0 aliphatic carbocycles. The van der Waals surface area contributed by atoms with E-state index in [1.165, 1.54) is 37.1 Å². The molecule has 0 bridgehead atoms. The summed E-state index contributed by atoms with van der Waals surface area (Å²) in [7, 11) is 0. The maximum absolute atomic E-state index is 11.9. The molecular weight excluding hydrogens is 488 g/mol. The molecule has 3 rings (SSSR count). The Hall–Kier alpha value is -1.83. The van der Waals surface area contributed by atoms with Gasteiger partial charge in [0.1, 0.15) is 5.75 Å². The lowest BCUT2D eigenvalue weighted by Crippen LogP contribution is -2.49. The predicted molar refractivity (Wildman–Crippen MR) is 156 cm³/mol. The number of hydrogen-bond donors (Lipinski definition) is 1. The van der Waals surface area contributed by atoms with E-state index in [1.807, 2.05) is 20.1 Å². The number of carbonyl (C=O) groups excluding carboxylic acids is 1. The van der Waals surface area contributed by atoms with Gasteiger partial charge in [0.15, 0.2) is 6.61 Å². The van der Waals surface area contributed by atoms with Crippen molar-refractivity contribution >= 4 is 41.1 Å². The molecule has 0 unspecified atom stereocenters. The molecule has 0 radical (unpaired) electrons. The molecule has 1 N–H and O–H groups in total. The van der Waals surface area contributed by atoms with Crippen LogP contribution < -0.4 is 14.4 Å². The first-order valence-corrected chi connectivity index (χ1v) is 15.4. The van der Waals surface area contributed by atoms with Crippen LogP contribution in [0.25, 0.3) is 0 Å². The van der Waals surface area contributed by atoms with Crippen LogP contribution in [0.4, 0.5) is 11.4 Å². The number of ether oxygens (including phenoxy) is 2. The Balaban J connectivity index is 0.00000222. The number of anilines is 2. The molecule has 36 heavy (non-hydrogen) atoms. The van der Waals surface area contributed by atoms with Gasteiger partial charge in [0, 0.05) is 17.8 Å². The van der Waals surface area contributed by atoms with Crippen LogP contribution in [0.3, 0.4) is 0 Å². The first-order valence-electron chi connectivity index (χ1n) is 13.3. The Morgan fingerprint density at radius 1 is 1.08 bits per heavy atom. The van der Waals surface area contributed by atoms with Crippen molar-refractivity contribution in [1.29, 1.82) is 0 Å². The van der Waals surface area contributed by atoms with E-state index in [-0.39, 0.29) is 18.1 Å². The summed E-state index contributed by atoms with van der Waals surface area (Å²) < 4.78 is 14.9. The molecule has 0 saturated carbocycles. The van der Waals surface area contributed by atoms with Crippen molar-refractivity contribution < 1.29 is 14.3 Å². The number of thioether (sulfide) groups is 1. The van der Waals surface area contributed by atoms with Crippen molar-refractivity contribution in [3.8, 4) is 5.75 Å². The van der Waals surface area contributed by atoms with Gasteiger partial charge in [-0.2, -0.15) is 0 Å². The van der Waals surface area contributed by atoms with Crippen LogP contribution in [0.15, 0.2) is 52.3 Å². The predicted octanol–water partition coefficient (Wildman–Crippen LogP) is 8.24. The Kier molecular flexibility index (Phi) is 13.6. The zero-order valence-corrected chi connectivity index (χ0v) is 24.5. The largest absolute Gasteiger partial charge is 0.481 e. The summed E-state index contributed by atoms with van der Waals surface area (Å²) in [5.74, 6) is 0.371. The molecule has 1 aliphatic heterocycles. The summed E-state index contributed by atoms with van der Waals surface area (Å²) in [5.41, 5.74) is 2.38. The van der Waals surface area contributed by atoms with Crippen molar-refractivity contribution in [2.45, 2.75) is 88.5 Å². The molecule has 0 atom stereocenters. The number of benzene rings is 2. The highest BCUT2D eigenvalue weighted by Gasteiger charge is 2.36. The number of carbonyl (C=O) groups is 1. The first-order chi connectivity index (χ1) is 17.6. The summed E-state index contributed by atoms with van der Waals surface area (Å²) in [6.45, 7) is 11.5. The quantitative estimate of drug-likeness (QED) is 0.168. The molecule has 2 aromatic carbocycles. The molecular formula is C29H44N2O3S2. The number of nitrogens with zero attached hydrogens (tertiary/aromatic N) is 1. The number of nitrogens with one attached hydrogen (secondary N) is 1. The van der Waals surface area contributed by atoms with Gasteiger partial charge >= 0.3 is 5.97 Å².